The van der Waals surface area contributed by atoms with Crippen molar-refractivity contribution in [3.63, 3.8) is 0 Å². The van der Waals surface area contributed by atoms with E-state index in [0.717, 1.165) is 19.3 Å². The number of hydrogen-bond donors (Lipinski definition) is 1. The fraction of sp³-hybridized carbons (Fsp3) is 0.533. The molecule has 0 unspecified atom stereocenters. The van der Waals surface area contributed by atoms with E-state index in [2.05, 4.69) is 0 Å². The van der Waals surface area contributed by atoms with Crippen LogP contribution < -0.4 is 0 Å². The Morgan fingerprint density at radius 3 is 2.33 bits per heavy atom. The highest BCUT2D eigenvalue weighted by Gasteiger charge is 2.36. The fourth-order valence-corrected chi connectivity index (χ4v) is 5.13. The van der Waals surface area contributed by atoms with Gasteiger partial charge >= 0.3 is 5.97 Å². The van der Waals surface area contributed by atoms with Crippen molar-refractivity contribution >= 4 is 16.0 Å². The minimum atomic E-state index is -3.68. The van der Waals surface area contributed by atoms with Gasteiger partial charge in [-0.05, 0) is 51.3 Å². The van der Waals surface area contributed by atoms with Crippen LogP contribution in [-0.4, -0.2) is 35.9 Å². The lowest BCUT2D eigenvalue weighted by Crippen LogP contribution is -2.47. The van der Waals surface area contributed by atoms with Gasteiger partial charge in [0.25, 0.3) is 0 Å². The summed E-state index contributed by atoms with van der Waals surface area (Å²) in [5, 5.41) is 9.07. The summed E-state index contributed by atoms with van der Waals surface area (Å²) in [6, 6.07) is 4.12. The molecule has 0 amide bonds. The maximum Gasteiger partial charge on any atom is 0.335 e. The van der Waals surface area contributed by atoms with E-state index in [1.54, 1.807) is 13.0 Å². The Hall–Kier alpha value is -1.40. The van der Waals surface area contributed by atoms with Gasteiger partial charge in [0.15, 0.2) is 0 Å². The van der Waals surface area contributed by atoms with Crippen molar-refractivity contribution in [1.29, 1.82) is 0 Å². The van der Waals surface area contributed by atoms with Crippen molar-refractivity contribution in [2.75, 3.05) is 0 Å². The van der Waals surface area contributed by atoms with Crippen molar-refractivity contribution < 1.29 is 18.3 Å². The highest BCUT2D eigenvalue weighted by molar-refractivity contribution is 7.89. The molecule has 0 spiro atoms. The summed E-state index contributed by atoms with van der Waals surface area (Å²) < 4.78 is 27.4. The molecule has 1 saturated heterocycles. The fourth-order valence-electron chi connectivity index (χ4n) is 3.00. The quantitative estimate of drug-likeness (QED) is 0.931. The monoisotopic (exact) mass is 311 g/mol. The van der Waals surface area contributed by atoms with Crippen LogP contribution in [0.15, 0.2) is 23.1 Å². The molecule has 1 N–H and O–H groups in total. The topological polar surface area (TPSA) is 74.7 Å². The second-order valence-corrected chi connectivity index (χ2v) is 7.56. The standard InChI is InChI=1S/C15H21NO4S/c1-10-7-8-13(15(17)18)9-14(10)21(19,20)16-11(2)5-4-6-12(16)3/h7-9,11-12H,4-6H2,1-3H3,(H,17,18)/t11-,12+. The van der Waals surface area contributed by atoms with Gasteiger partial charge in [-0.25, -0.2) is 13.2 Å². The maximum atomic E-state index is 12.9. The van der Waals surface area contributed by atoms with E-state index >= 15 is 0 Å². The van der Waals surface area contributed by atoms with Crippen molar-refractivity contribution in [2.45, 2.75) is 57.0 Å². The molecule has 1 aliphatic heterocycles. The molecule has 5 nitrogen and oxygen atoms in total. The predicted molar refractivity (Wildman–Crippen MR) is 79.9 cm³/mol. The second-order valence-electron chi connectivity index (χ2n) is 5.75. The van der Waals surface area contributed by atoms with E-state index in [-0.39, 0.29) is 22.5 Å². The SMILES string of the molecule is Cc1ccc(C(=O)O)cc1S(=O)(=O)N1[C@H](C)CCC[C@@H]1C. The minimum absolute atomic E-state index is 0.00325. The Balaban J connectivity index is 2.53. The number of piperidine rings is 1. The number of carbonyl (C=O) groups is 1. The third-order valence-corrected chi connectivity index (χ3v) is 6.37. The van der Waals surface area contributed by atoms with Crippen LogP contribution in [0.25, 0.3) is 0 Å². The first-order valence-corrected chi connectivity index (χ1v) is 8.56. The summed E-state index contributed by atoms with van der Waals surface area (Å²) in [7, 11) is -3.68. The lowest BCUT2D eigenvalue weighted by Gasteiger charge is -2.38. The smallest absolute Gasteiger partial charge is 0.335 e. The number of benzene rings is 1. The molecule has 2 rings (SSSR count). The third-order valence-electron chi connectivity index (χ3n) is 4.10. The molecular formula is C15H21NO4S. The first kappa shape index (κ1) is 16.0. The molecule has 2 atom stereocenters. The molecule has 0 aromatic heterocycles. The summed E-state index contributed by atoms with van der Waals surface area (Å²) in [6.07, 6.45) is 2.69. The molecule has 1 aromatic carbocycles. The summed E-state index contributed by atoms with van der Waals surface area (Å²) in [6.45, 7) is 5.50. The minimum Gasteiger partial charge on any atom is -0.478 e. The molecule has 0 aliphatic carbocycles. The Morgan fingerprint density at radius 1 is 1.24 bits per heavy atom. The maximum absolute atomic E-state index is 12.9. The predicted octanol–water partition coefficient (Wildman–Crippen LogP) is 2.64. The molecule has 1 aromatic rings. The average Bonchev–Trinajstić information content (AvgIpc) is 2.38. The summed E-state index contributed by atoms with van der Waals surface area (Å²) in [5.74, 6) is -1.12. The van der Waals surface area contributed by atoms with Crippen LogP contribution in [-0.2, 0) is 10.0 Å². The van der Waals surface area contributed by atoms with Gasteiger partial charge in [0.1, 0.15) is 0 Å². The number of carboxylic acids is 1. The zero-order valence-electron chi connectivity index (χ0n) is 12.5. The van der Waals surface area contributed by atoms with Crippen LogP contribution in [0.2, 0.25) is 0 Å². The zero-order valence-corrected chi connectivity index (χ0v) is 13.4. The molecule has 1 aliphatic rings. The third kappa shape index (κ3) is 2.96. The van der Waals surface area contributed by atoms with Crippen LogP contribution >= 0.6 is 0 Å². The van der Waals surface area contributed by atoms with E-state index in [1.807, 2.05) is 13.8 Å². The van der Waals surface area contributed by atoms with Crippen LogP contribution in [0.4, 0.5) is 0 Å². The van der Waals surface area contributed by atoms with Crippen LogP contribution in [0, 0.1) is 6.92 Å². The average molecular weight is 311 g/mol. The van der Waals surface area contributed by atoms with E-state index in [4.69, 9.17) is 5.11 Å². The highest BCUT2D eigenvalue weighted by atomic mass is 32.2. The van der Waals surface area contributed by atoms with Gasteiger partial charge < -0.3 is 5.11 Å². The van der Waals surface area contributed by atoms with Crippen molar-refractivity contribution in [2.24, 2.45) is 0 Å². The van der Waals surface area contributed by atoms with Crippen LogP contribution in [0.5, 0.6) is 0 Å². The lowest BCUT2D eigenvalue weighted by molar-refractivity contribution is 0.0696. The van der Waals surface area contributed by atoms with Crippen molar-refractivity contribution in [3.05, 3.63) is 29.3 Å². The summed E-state index contributed by atoms with van der Waals surface area (Å²) in [5.41, 5.74) is 0.571. The van der Waals surface area contributed by atoms with E-state index in [0.29, 0.717) is 5.56 Å². The van der Waals surface area contributed by atoms with Gasteiger partial charge in [-0.1, -0.05) is 12.5 Å². The number of sulfonamides is 1. The number of hydrogen-bond acceptors (Lipinski definition) is 3. The van der Waals surface area contributed by atoms with Gasteiger partial charge in [0.2, 0.25) is 10.0 Å². The Labute approximate surface area is 125 Å². The number of aryl methyl sites for hydroxylation is 1. The normalized spacial score (nSPS) is 24.0. The van der Waals surface area contributed by atoms with Crippen LogP contribution in [0.3, 0.4) is 0 Å². The van der Waals surface area contributed by atoms with E-state index in [9.17, 15) is 13.2 Å². The molecule has 0 radical (unpaired) electrons. The Morgan fingerprint density at radius 2 is 1.81 bits per heavy atom. The van der Waals surface area contributed by atoms with Gasteiger partial charge in [0.05, 0.1) is 10.5 Å². The molecule has 1 heterocycles. The summed E-state index contributed by atoms with van der Waals surface area (Å²) in [4.78, 5) is 11.2. The number of aromatic carboxylic acids is 1. The van der Waals surface area contributed by atoms with Crippen molar-refractivity contribution in [3.8, 4) is 0 Å². The Bertz CT molecular complexity index is 644. The number of nitrogens with zero attached hydrogens (tertiary/aromatic N) is 1. The van der Waals surface area contributed by atoms with E-state index in [1.165, 1.54) is 16.4 Å². The number of rotatable bonds is 3. The molecule has 0 saturated carbocycles. The molecule has 6 heteroatoms. The molecule has 0 bridgehead atoms. The first-order valence-electron chi connectivity index (χ1n) is 7.12. The van der Waals surface area contributed by atoms with Gasteiger partial charge in [-0.15, -0.1) is 0 Å². The van der Waals surface area contributed by atoms with Gasteiger partial charge in [0, 0.05) is 12.1 Å². The largest absolute Gasteiger partial charge is 0.478 e. The molecule has 1 fully saturated rings. The van der Waals surface area contributed by atoms with E-state index < -0.39 is 16.0 Å². The van der Waals surface area contributed by atoms with Gasteiger partial charge in [-0.2, -0.15) is 4.31 Å². The molecule has 116 valence electrons. The number of carboxylic acid groups (broad SMARTS) is 1. The van der Waals surface area contributed by atoms with Crippen LogP contribution in [0.1, 0.15) is 49.0 Å². The lowest BCUT2D eigenvalue weighted by atomic mass is 10.0. The second kappa shape index (κ2) is 5.77. The summed E-state index contributed by atoms with van der Waals surface area (Å²) >= 11 is 0. The van der Waals surface area contributed by atoms with Gasteiger partial charge in [-0.3, -0.25) is 0 Å². The molecular weight excluding hydrogens is 290 g/mol. The zero-order chi connectivity index (χ0) is 15.8. The Kier molecular flexibility index (Phi) is 4.39. The highest BCUT2D eigenvalue weighted by Crippen LogP contribution is 2.31. The molecule has 21 heavy (non-hydrogen) atoms. The van der Waals surface area contributed by atoms with Crippen molar-refractivity contribution in [1.82, 2.24) is 4.31 Å². The first-order chi connectivity index (χ1) is 9.75.